The van der Waals surface area contributed by atoms with Gasteiger partial charge < -0.3 is 10.5 Å². The lowest BCUT2D eigenvalue weighted by molar-refractivity contribution is 0.301. The van der Waals surface area contributed by atoms with Crippen LogP contribution in [0.1, 0.15) is 13.3 Å². The van der Waals surface area contributed by atoms with Crippen molar-refractivity contribution >= 4 is 12.4 Å². The Balaban J connectivity index is 0.00000144. The third-order valence-electron chi connectivity index (χ3n) is 1.59. The van der Waals surface area contributed by atoms with E-state index in [1.165, 1.54) is 0 Å². The fourth-order valence-corrected chi connectivity index (χ4v) is 0.879. The van der Waals surface area contributed by atoms with Gasteiger partial charge in [0.2, 0.25) is 0 Å². The second-order valence-electron chi connectivity index (χ2n) is 2.93. The van der Waals surface area contributed by atoms with E-state index in [9.17, 15) is 0 Å². The number of ether oxygens (including phenoxy) is 1. The molecule has 0 heterocycles. The molecule has 2 N–H and O–H groups in total. The van der Waals surface area contributed by atoms with Crippen LogP contribution in [0.4, 0.5) is 0 Å². The first kappa shape index (κ1) is 12.3. The Bertz CT molecular complexity index is 213. The molecule has 1 rings (SSSR count). The molecule has 74 valence electrons. The van der Waals surface area contributed by atoms with E-state index in [4.69, 9.17) is 10.5 Å². The minimum absolute atomic E-state index is 0. The maximum Gasteiger partial charge on any atom is 0.119 e. The van der Waals surface area contributed by atoms with Crippen LogP contribution in [-0.4, -0.2) is 12.6 Å². The van der Waals surface area contributed by atoms with Crippen molar-refractivity contribution in [3.63, 3.8) is 0 Å². The number of hydrogen-bond donors (Lipinski definition) is 1. The smallest absolute Gasteiger partial charge is 0.119 e. The maximum atomic E-state index is 5.58. The van der Waals surface area contributed by atoms with Gasteiger partial charge in [-0.3, -0.25) is 0 Å². The van der Waals surface area contributed by atoms with Gasteiger partial charge in [0.15, 0.2) is 0 Å². The zero-order valence-electron chi connectivity index (χ0n) is 7.77. The lowest BCUT2D eigenvalue weighted by Gasteiger charge is -2.07. The number of rotatable bonds is 4. The quantitative estimate of drug-likeness (QED) is 0.811. The van der Waals surface area contributed by atoms with E-state index >= 15 is 0 Å². The van der Waals surface area contributed by atoms with Gasteiger partial charge in [-0.15, -0.1) is 12.4 Å². The fraction of sp³-hybridized carbons (Fsp3) is 0.400. The van der Waals surface area contributed by atoms with Gasteiger partial charge in [0, 0.05) is 6.04 Å². The van der Waals surface area contributed by atoms with Gasteiger partial charge in [-0.25, -0.2) is 0 Å². The normalized spacial score (nSPS) is 11.5. The van der Waals surface area contributed by atoms with Crippen LogP contribution in [0.15, 0.2) is 30.3 Å². The molecule has 1 aromatic carbocycles. The van der Waals surface area contributed by atoms with Gasteiger partial charge in [0.25, 0.3) is 0 Å². The molecule has 2 nitrogen and oxygen atoms in total. The third-order valence-corrected chi connectivity index (χ3v) is 1.59. The molecule has 0 saturated carbocycles. The number of benzene rings is 1. The van der Waals surface area contributed by atoms with E-state index in [-0.39, 0.29) is 18.4 Å². The summed E-state index contributed by atoms with van der Waals surface area (Å²) in [4.78, 5) is 0. The molecule has 0 saturated heterocycles. The highest BCUT2D eigenvalue weighted by atomic mass is 35.5. The zero-order chi connectivity index (χ0) is 8.81. The molecule has 1 aromatic rings. The van der Waals surface area contributed by atoms with Crippen LogP contribution >= 0.6 is 12.4 Å². The van der Waals surface area contributed by atoms with Crippen LogP contribution < -0.4 is 10.5 Å². The minimum Gasteiger partial charge on any atom is -0.494 e. The molecule has 1 atom stereocenters. The average molecular weight is 202 g/mol. The molecule has 0 amide bonds. The topological polar surface area (TPSA) is 35.2 Å². The number of para-hydroxylation sites is 1. The molecule has 3 heteroatoms. The first-order chi connectivity index (χ1) is 5.79. The molecule has 0 fully saturated rings. The fourth-order valence-electron chi connectivity index (χ4n) is 0.879. The van der Waals surface area contributed by atoms with Crippen LogP contribution in [0, 0.1) is 0 Å². The van der Waals surface area contributed by atoms with Crippen molar-refractivity contribution in [3.05, 3.63) is 30.3 Å². The highest BCUT2D eigenvalue weighted by Gasteiger charge is 1.94. The molecule has 0 aliphatic carbocycles. The molecule has 0 radical (unpaired) electrons. The van der Waals surface area contributed by atoms with Crippen LogP contribution in [0.25, 0.3) is 0 Å². The summed E-state index contributed by atoms with van der Waals surface area (Å²) in [6, 6.07) is 10.00. The van der Waals surface area contributed by atoms with Gasteiger partial charge in [-0.05, 0) is 25.5 Å². The first-order valence-corrected chi connectivity index (χ1v) is 4.22. The van der Waals surface area contributed by atoms with Crippen molar-refractivity contribution in [2.45, 2.75) is 19.4 Å². The van der Waals surface area contributed by atoms with E-state index in [0.717, 1.165) is 12.2 Å². The lowest BCUT2D eigenvalue weighted by atomic mass is 10.3. The van der Waals surface area contributed by atoms with E-state index in [1.54, 1.807) is 0 Å². The summed E-state index contributed by atoms with van der Waals surface area (Å²) >= 11 is 0. The van der Waals surface area contributed by atoms with E-state index in [1.807, 2.05) is 37.3 Å². The molecule has 0 bridgehead atoms. The standard InChI is InChI=1S/C10H15NO.ClH/c1-9(11)7-8-12-10-5-3-2-4-6-10;/h2-6,9H,7-8,11H2,1H3;1H/t9-;/m0./s1. The van der Waals surface area contributed by atoms with Crippen LogP contribution in [0.2, 0.25) is 0 Å². The van der Waals surface area contributed by atoms with Crippen LogP contribution in [-0.2, 0) is 0 Å². The molecule has 0 spiro atoms. The molecule has 13 heavy (non-hydrogen) atoms. The Labute approximate surface area is 85.5 Å². The van der Waals surface area contributed by atoms with Crippen LogP contribution in [0.5, 0.6) is 5.75 Å². The molecular weight excluding hydrogens is 186 g/mol. The lowest BCUT2D eigenvalue weighted by Crippen LogP contribution is -2.18. The van der Waals surface area contributed by atoms with Crippen molar-refractivity contribution in [3.8, 4) is 5.75 Å². The summed E-state index contributed by atoms with van der Waals surface area (Å²) < 4.78 is 5.44. The zero-order valence-corrected chi connectivity index (χ0v) is 8.59. The summed E-state index contributed by atoms with van der Waals surface area (Å²) in [5.74, 6) is 0.915. The van der Waals surface area contributed by atoms with Crippen molar-refractivity contribution < 1.29 is 4.74 Å². The largest absolute Gasteiger partial charge is 0.494 e. The van der Waals surface area contributed by atoms with Gasteiger partial charge in [-0.1, -0.05) is 18.2 Å². The summed E-state index contributed by atoms with van der Waals surface area (Å²) in [6.45, 7) is 2.68. The predicted molar refractivity (Wildman–Crippen MR) is 57.5 cm³/mol. The van der Waals surface area contributed by atoms with Gasteiger partial charge in [0.05, 0.1) is 6.61 Å². The predicted octanol–water partition coefficient (Wildman–Crippen LogP) is 2.22. The first-order valence-electron chi connectivity index (χ1n) is 4.22. The Morgan fingerprint density at radius 2 is 1.92 bits per heavy atom. The van der Waals surface area contributed by atoms with Crippen molar-refractivity contribution in [1.82, 2.24) is 0 Å². The Morgan fingerprint density at radius 3 is 2.46 bits per heavy atom. The molecule has 0 aliphatic heterocycles. The van der Waals surface area contributed by atoms with Crippen LogP contribution in [0.3, 0.4) is 0 Å². The van der Waals surface area contributed by atoms with Crippen molar-refractivity contribution in [2.24, 2.45) is 5.73 Å². The van der Waals surface area contributed by atoms with Gasteiger partial charge >= 0.3 is 0 Å². The molecular formula is C10H16ClNO. The Morgan fingerprint density at radius 1 is 1.31 bits per heavy atom. The summed E-state index contributed by atoms with van der Waals surface area (Å²) in [5, 5.41) is 0. The van der Waals surface area contributed by atoms with E-state index in [2.05, 4.69) is 0 Å². The van der Waals surface area contributed by atoms with Gasteiger partial charge in [0.1, 0.15) is 5.75 Å². The second kappa shape index (κ2) is 6.75. The van der Waals surface area contributed by atoms with Crippen molar-refractivity contribution in [1.29, 1.82) is 0 Å². The van der Waals surface area contributed by atoms with Crippen molar-refractivity contribution in [2.75, 3.05) is 6.61 Å². The molecule has 0 aromatic heterocycles. The molecule has 0 aliphatic rings. The highest BCUT2D eigenvalue weighted by molar-refractivity contribution is 5.85. The Kier molecular flexibility index (Phi) is 6.37. The summed E-state index contributed by atoms with van der Waals surface area (Å²) in [7, 11) is 0. The van der Waals surface area contributed by atoms with Gasteiger partial charge in [-0.2, -0.15) is 0 Å². The summed E-state index contributed by atoms with van der Waals surface area (Å²) in [5.41, 5.74) is 5.58. The maximum absolute atomic E-state index is 5.58. The number of halogens is 1. The Hall–Kier alpha value is -0.730. The van der Waals surface area contributed by atoms with E-state index in [0.29, 0.717) is 6.61 Å². The SMILES string of the molecule is C[C@H](N)CCOc1ccccc1.Cl. The summed E-state index contributed by atoms with van der Waals surface area (Å²) in [6.07, 6.45) is 0.898. The minimum atomic E-state index is 0. The van der Waals surface area contributed by atoms with E-state index < -0.39 is 0 Å². The second-order valence-corrected chi connectivity index (χ2v) is 2.93. The third kappa shape index (κ3) is 5.50. The average Bonchev–Trinajstić information content (AvgIpc) is 2.05. The number of hydrogen-bond acceptors (Lipinski definition) is 2. The molecule has 0 unspecified atom stereocenters. The highest BCUT2D eigenvalue weighted by Crippen LogP contribution is 2.08. The number of nitrogens with two attached hydrogens (primary N) is 1. The monoisotopic (exact) mass is 201 g/mol.